The topological polar surface area (TPSA) is 69.6 Å². The lowest BCUT2D eigenvalue weighted by atomic mass is 9.97. The number of carboxylic acids is 1. The molecule has 158 valence electrons. The Balaban J connectivity index is 1.60. The average Bonchev–Trinajstić information content (AvgIpc) is 3.33. The monoisotopic (exact) mass is 498 g/mol. The SMILES string of the molecule is O=C(O)C1CNCCN1C(=O)C1=C(C2=Cc3cc(Cl)ccc3C2)Cc2cc(Br)ccc21. The van der Waals surface area contributed by atoms with E-state index in [2.05, 4.69) is 27.3 Å². The van der Waals surface area contributed by atoms with Crippen molar-refractivity contribution in [1.29, 1.82) is 0 Å². The van der Waals surface area contributed by atoms with E-state index in [0.29, 0.717) is 30.1 Å². The van der Waals surface area contributed by atoms with Crippen LogP contribution in [-0.4, -0.2) is 47.6 Å². The van der Waals surface area contributed by atoms with Gasteiger partial charge in [-0.25, -0.2) is 4.79 Å². The van der Waals surface area contributed by atoms with Gasteiger partial charge in [0, 0.05) is 29.1 Å². The molecule has 1 heterocycles. The van der Waals surface area contributed by atoms with Gasteiger partial charge in [0.05, 0.1) is 5.57 Å². The van der Waals surface area contributed by atoms with Crippen LogP contribution in [-0.2, 0) is 22.4 Å². The first-order valence-corrected chi connectivity index (χ1v) is 11.4. The zero-order valence-electron chi connectivity index (χ0n) is 16.6. The molecular weight excluding hydrogens is 480 g/mol. The van der Waals surface area contributed by atoms with E-state index in [0.717, 1.165) is 38.7 Å². The number of carboxylic acid groups (broad SMARTS) is 1. The molecule has 1 fully saturated rings. The van der Waals surface area contributed by atoms with E-state index < -0.39 is 12.0 Å². The number of hydrogen-bond acceptors (Lipinski definition) is 3. The molecule has 7 heteroatoms. The van der Waals surface area contributed by atoms with Crippen LogP contribution in [0.1, 0.15) is 22.3 Å². The van der Waals surface area contributed by atoms with Crippen LogP contribution in [0.3, 0.4) is 0 Å². The normalized spacial score (nSPS) is 19.9. The first kappa shape index (κ1) is 20.5. The number of fused-ring (bicyclic) bond motifs is 2. The van der Waals surface area contributed by atoms with E-state index in [1.165, 1.54) is 10.5 Å². The fourth-order valence-corrected chi connectivity index (χ4v) is 5.31. The highest BCUT2D eigenvalue weighted by Gasteiger charge is 2.38. The summed E-state index contributed by atoms with van der Waals surface area (Å²) in [6.07, 6.45) is 3.49. The number of nitrogens with zero attached hydrogens (tertiary/aromatic N) is 1. The van der Waals surface area contributed by atoms with Gasteiger partial charge in [-0.05, 0) is 70.5 Å². The molecule has 1 unspecified atom stereocenters. The summed E-state index contributed by atoms with van der Waals surface area (Å²) in [7, 11) is 0. The molecule has 0 aromatic heterocycles. The molecule has 2 aromatic rings. The van der Waals surface area contributed by atoms with Crippen LogP contribution in [0.25, 0.3) is 11.6 Å². The summed E-state index contributed by atoms with van der Waals surface area (Å²) >= 11 is 9.71. The molecule has 0 radical (unpaired) electrons. The highest BCUT2D eigenvalue weighted by Crippen LogP contribution is 2.43. The second-order valence-corrected chi connectivity index (χ2v) is 9.43. The zero-order valence-corrected chi connectivity index (χ0v) is 19.0. The van der Waals surface area contributed by atoms with Gasteiger partial charge in [-0.1, -0.05) is 45.7 Å². The third-order valence-corrected chi connectivity index (χ3v) is 6.94. The number of aliphatic carboxylic acids is 1. The van der Waals surface area contributed by atoms with E-state index in [4.69, 9.17) is 11.6 Å². The molecule has 0 saturated carbocycles. The van der Waals surface area contributed by atoms with Gasteiger partial charge in [-0.3, -0.25) is 4.79 Å². The maximum Gasteiger partial charge on any atom is 0.327 e. The number of rotatable bonds is 3. The first-order valence-electron chi connectivity index (χ1n) is 10.2. The van der Waals surface area contributed by atoms with Crippen molar-refractivity contribution in [2.45, 2.75) is 18.9 Å². The van der Waals surface area contributed by atoms with Crippen molar-refractivity contribution in [1.82, 2.24) is 10.2 Å². The van der Waals surface area contributed by atoms with Gasteiger partial charge in [-0.15, -0.1) is 0 Å². The Labute approximate surface area is 193 Å². The molecule has 2 aliphatic carbocycles. The van der Waals surface area contributed by atoms with E-state index in [9.17, 15) is 14.7 Å². The molecule has 5 rings (SSSR count). The second kappa shape index (κ2) is 7.93. The standard InChI is InChI=1S/C24H20BrClN2O3/c25-17-2-4-19-16(9-17)11-20(15-7-13-1-3-18(26)10-14(13)8-15)22(19)23(29)28-6-5-27-12-21(28)24(30)31/h1-4,8-10,21,27H,5-7,11-12H2,(H,30,31). The van der Waals surface area contributed by atoms with E-state index in [-0.39, 0.29) is 12.5 Å². The minimum absolute atomic E-state index is 0.208. The van der Waals surface area contributed by atoms with Crippen molar-refractivity contribution in [2.24, 2.45) is 0 Å². The number of allylic oxidation sites excluding steroid dienone is 2. The maximum atomic E-state index is 13.8. The highest BCUT2D eigenvalue weighted by atomic mass is 79.9. The van der Waals surface area contributed by atoms with E-state index >= 15 is 0 Å². The lowest BCUT2D eigenvalue weighted by Gasteiger charge is -2.34. The predicted octanol–water partition coefficient (Wildman–Crippen LogP) is 3.94. The van der Waals surface area contributed by atoms with Crippen molar-refractivity contribution in [3.05, 3.63) is 79.3 Å². The van der Waals surface area contributed by atoms with Gasteiger partial charge in [0.15, 0.2) is 0 Å². The molecule has 2 N–H and O–H groups in total. The molecule has 3 aliphatic rings. The van der Waals surface area contributed by atoms with Crippen LogP contribution in [0.15, 0.2) is 52.0 Å². The van der Waals surface area contributed by atoms with Gasteiger partial charge < -0.3 is 15.3 Å². The Morgan fingerprint density at radius 2 is 1.97 bits per heavy atom. The number of benzene rings is 2. The first-order chi connectivity index (χ1) is 14.9. The van der Waals surface area contributed by atoms with Gasteiger partial charge in [0.1, 0.15) is 6.04 Å². The number of nitrogens with one attached hydrogen (secondary N) is 1. The molecule has 31 heavy (non-hydrogen) atoms. The molecule has 1 aliphatic heterocycles. The fourth-order valence-electron chi connectivity index (χ4n) is 4.72. The Morgan fingerprint density at radius 1 is 1.13 bits per heavy atom. The lowest BCUT2D eigenvalue weighted by molar-refractivity contribution is -0.149. The largest absolute Gasteiger partial charge is 0.480 e. The minimum Gasteiger partial charge on any atom is -0.480 e. The lowest BCUT2D eigenvalue weighted by Crippen LogP contribution is -2.57. The minimum atomic E-state index is -0.987. The van der Waals surface area contributed by atoms with Crippen molar-refractivity contribution in [2.75, 3.05) is 19.6 Å². The van der Waals surface area contributed by atoms with Crippen molar-refractivity contribution in [3.8, 4) is 0 Å². The van der Waals surface area contributed by atoms with Crippen molar-refractivity contribution < 1.29 is 14.7 Å². The third kappa shape index (κ3) is 3.63. The van der Waals surface area contributed by atoms with Gasteiger partial charge in [-0.2, -0.15) is 0 Å². The van der Waals surface area contributed by atoms with Gasteiger partial charge in [0.2, 0.25) is 0 Å². The van der Waals surface area contributed by atoms with Crippen LogP contribution < -0.4 is 5.32 Å². The summed E-state index contributed by atoms with van der Waals surface area (Å²) < 4.78 is 0.959. The van der Waals surface area contributed by atoms with Gasteiger partial charge in [0.25, 0.3) is 5.91 Å². The summed E-state index contributed by atoms with van der Waals surface area (Å²) in [6.45, 7) is 1.20. The Morgan fingerprint density at radius 3 is 2.77 bits per heavy atom. The van der Waals surface area contributed by atoms with Crippen LogP contribution in [0.4, 0.5) is 0 Å². The Kier molecular flexibility index (Phi) is 5.24. The van der Waals surface area contributed by atoms with Gasteiger partial charge >= 0.3 is 5.97 Å². The number of piperazine rings is 1. The Bertz CT molecular complexity index is 1190. The maximum absolute atomic E-state index is 13.8. The van der Waals surface area contributed by atoms with Crippen LogP contribution in [0, 0.1) is 0 Å². The van der Waals surface area contributed by atoms with Crippen molar-refractivity contribution in [3.63, 3.8) is 0 Å². The molecule has 5 nitrogen and oxygen atoms in total. The molecular formula is C24H20BrClN2O3. The third-order valence-electron chi connectivity index (χ3n) is 6.21. The van der Waals surface area contributed by atoms with E-state index in [1.54, 1.807) is 0 Å². The average molecular weight is 500 g/mol. The summed E-state index contributed by atoms with van der Waals surface area (Å²) in [6, 6.07) is 10.9. The number of carbonyl (C=O) groups excluding carboxylic acids is 1. The molecule has 1 atom stereocenters. The van der Waals surface area contributed by atoms with Crippen molar-refractivity contribution >= 4 is 51.1 Å². The molecule has 1 saturated heterocycles. The number of amides is 1. The van der Waals surface area contributed by atoms with E-state index in [1.807, 2.05) is 36.4 Å². The molecule has 0 spiro atoms. The summed E-state index contributed by atoms with van der Waals surface area (Å²) in [5.41, 5.74) is 6.92. The zero-order chi connectivity index (χ0) is 21.7. The molecule has 2 aromatic carbocycles. The second-order valence-electron chi connectivity index (χ2n) is 8.08. The smallest absolute Gasteiger partial charge is 0.327 e. The fraction of sp³-hybridized carbons (Fsp3) is 0.250. The summed E-state index contributed by atoms with van der Waals surface area (Å²) in [5, 5.41) is 13.4. The quantitative estimate of drug-likeness (QED) is 0.671. The molecule has 0 bridgehead atoms. The number of hydrogen-bond donors (Lipinski definition) is 2. The predicted molar refractivity (Wildman–Crippen MR) is 124 cm³/mol. The number of carbonyl (C=O) groups is 2. The highest BCUT2D eigenvalue weighted by molar-refractivity contribution is 9.10. The Hall–Kier alpha value is -2.41. The summed E-state index contributed by atoms with van der Waals surface area (Å²) in [4.78, 5) is 27.1. The number of halogens is 2. The summed E-state index contributed by atoms with van der Waals surface area (Å²) in [5.74, 6) is -1.20. The van der Waals surface area contributed by atoms with Crippen LogP contribution in [0.2, 0.25) is 5.02 Å². The molecule has 1 amide bonds. The van der Waals surface area contributed by atoms with Crippen LogP contribution in [0.5, 0.6) is 0 Å². The van der Waals surface area contributed by atoms with Crippen LogP contribution >= 0.6 is 27.5 Å².